The number of unbranched alkanes of at least 4 members (excludes halogenated alkanes) is 1. The zero-order valence-corrected chi connectivity index (χ0v) is 15.2. The Hall–Kier alpha value is -1.59. The van der Waals surface area contributed by atoms with Gasteiger partial charge in [-0.05, 0) is 33.1 Å². The van der Waals surface area contributed by atoms with E-state index in [9.17, 15) is 14.4 Å². The molecule has 134 valence electrons. The quantitative estimate of drug-likeness (QED) is 0.399. The van der Waals surface area contributed by atoms with Crippen LogP contribution in [0.5, 0.6) is 0 Å². The van der Waals surface area contributed by atoms with Gasteiger partial charge in [0, 0.05) is 0 Å². The average Bonchev–Trinajstić information content (AvgIpc) is 2.42. The smallest absolute Gasteiger partial charge is 0.408 e. The third-order valence-corrected chi connectivity index (χ3v) is 3.31. The molecule has 6 heteroatoms. The largest absolute Gasteiger partial charge is 0.465 e. The first-order valence-corrected chi connectivity index (χ1v) is 8.28. The number of alkyl carbamates (subject to hydrolysis) is 1. The fourth-order valence-electron chi connectivity index (χ4n) is 1.84. The summed E-state index contributed by atoms with van der Waals surface area (Å²) in [5.41, 5.74) is -0.647. The van der Waals surface area contributed by atoms with Crippen molar-refractivity contribution in [2.45, 2.75) is 78.9 Å². The van der Waals surface area contributed by atoms with Crippen molar-refractivity contribution in [3.63, 3.8) is 0 Å². The summed E-state index contributed by atoms with van der Waals surface area (Å²) < 4.78 is 10.2. The van der Waals surface area contributed by atoms with Gasteiger partial charge in [0.2, 0.25) is 0 Å². The SMILES string of the molecule is CCCCOC(=O)CC(=O)[C@H](NC(=O)OC(C)(C)C)[C@@H](C)CC. The number of hydrogen-bond acceptors (Lipinski definition) is 5. The molecule has 0 unspecified atom stereocenters. The molecule has 0 heterocycles. The fourth-order valence-corrected chi connectivity index (χ4v) is 1.84. The first-order valence-electron chi connectivity index (χ1n) is 8.28. The van der Waals surface area contributed by atoms with Gasteiger partial charge >= 0.3 is 12.1 Å². The molecular weight excluding hydrogens is 298 g/mol. The van der Waals surface area contributed by atoms with E-state index in [1.54, 1.807) is 20.8 Å². The normalized spacial score (nSPS) is 13.8. The molecule has 0 aromatic carbocycles. The third-order valence-electron chi connectivity index (χ3n) is 3.31. The Bertz CT molecular complexity index is 400. The van der Waals surface area contributed by atoms with E-state index in [4.69, 9.17) is 9.47 Å². The summed E-state index contributed by atoms with van der Waals surface area (Å²) >= 11 is 0. The predicted molar refractivity (Wildman–Crippen MR) is 88.1 cm³/mol. The minimum absolute atomic E-state index is 0.0986. The predicted octanol–water partition coefficient (Wildman–Crippen LogP) is 3.23. The molecule has 1 amide bonds. The number of hydrogen-bond donors (Lipinski definition) is 1. The Morgan fingerprint density at radius 3 is 2.22 bits per heavy atom. The highest BCUT2D eigenvalue weighted by molar-refractivity contribution is 5.99. The summed E-state index contributed by atoms with van der Waals surface area (Å²) in [6.45, 7) is 11.3. The van der Waals surface area contributed by atoms with Crippen LogP contribution in [-0.2, 0) is 19.1 Å². The molecule has 0 rings (SSSR count). The Labute approximate surface area is 139 Å². The third kappa shape index (κ3) is 9.92. The highest BCUT2D eigenvalue weighted by atomic mass is 16.6. The Kier molecular flexibility index (Phi) is 9.53. The number of rotatable bonds is 9. The van der Waals surface area contributed by atoms with Gasteiger partial charge in [0.1, 0.15) is 12.0 Å². The summed E-state index contributed by atoms with van der Waals surface area (Å²) in [6.07, 6.45) is 1.38. The van der Waals surface area contributed by atoms with Crippen LogP contribution in [0.3, 0.4) is 0 Å². The van der Waals surface area contributed by atoms with Gasteiger partial charge < -0.3 is 14.8 Å². The van der Waals surface area contributed by atoms with Gasteiger partial charge in [-0.2, -0.15) is 0 Å². The minimum Gasteiger partial charge on any atom is -0.465 e. The molecule has 0 aliphatic rings. The van der Waals surface area contributed by atoms with E-state index in [0.29, 0.717) is 13.0 Å². The summed E-state index contributed by atoms with van der Waals surface area (Å²) in [6, 6.07) is -0.756. The van der Waals surface area contributed by atoms with Crippen LogP contribution in [0, 0.1) is 5.92 Å². The number of esters is 1. The van der Waals surface area contributed by atoms with Gasteiger partial charge in [-0.15, -0.1) is 0 Å². The van der Waals surface area contributed by atoms with Gasteiger partial charge in [0.25, 0.3) is 0 Å². The van der Waals surface area contributed by atoms with Crippen LogP contribution in [0.2, 0.25) is 0 Å². The van der Waals surface area contributed by atoms with E-state index in [-0.39, 0.29) is 18.1 Å². The van der Waals surface area contributed by atoms with Crippen molar-refractivity contribution >= 4 is 17.8 Å². The molecule has 0 radical (unpaired) electrons. The summed E-state index contributed by atoms with van der Waals surface area (Å²) in [7, 11) is 0. The van der Waals surface area contributed by atoms with E-state index in [0.717, 1.165) is 12.8 Å². The lowest BCUT2D eigenvalue weighted by molar-refractivity contribution is -0.146. The molecule has 1 N–H and O–H groups in total. The highest BCUT2D eigenvalue weighted by Gasteiger charge is 2.29. The number of Topliss-reactive ketones (excluding diaryl/α,β-unsaturated/α-hetero) is 1. The van der Waals surface area contributed by atoms with Gasteiger partial charge in [0.05, 0.1) is 12.6 Å². The Morgan fingerprint density at radius 2 is 1.74 bits per heavy atom. The van der Waals surface area contributed by atoms with Gasteiger partial charge in [-0.3, -0.25) is 9.59 Å². The van der Waals surface area contributed by atoms with E-state index in [1.165, 1.54) is 0 Å². The van der Waals surface area contributed by atoms with E-state index >= 15 is 0 Å². The molecule has 0 saturated carbocycles. The molecule has 0 aliphatic carbocycles. The lowest BCUT2D eigenvalue weighted by atomic mass is 9.94. The van der Waals surface area contributed by atoms with Crippen molar-refractivity contribution in [1.82, 2.24) is 5.32 Å². The number of ether oxygens (including phenoxy) is 2. The maximum atomic E-state index is 12.3. The molecule has 0 saturated heterocycles. The van der Waals surface area contributed by atoms with Crippen molar-refractivity contribution in [1.29, 1.82) is 0 Å². The number of carbonyl (C=O) groups excluding carboxylic acids is 3. The first kappa shape index (κ1) is 21.4. The second-order valence-electron chi connectivity index (χ2n) is 6.73. The van der Waals surface area contributed by atoms with Crippen molar-refractivity contribution in [3.05, 3.63) is 0 Å². The molecule has 0 aromatic heterocycles. The second kappa shape index (κ2) is 10.2. The molecular formula is C17H31NO5. The van der Waals surface area contributed by atoms with E-state index in [2.05, 4.69) is 5.32 Å². The van der Waals surface area contributed by atoms with Crippen molar-refractivity contribution < 1.29 is 23.9 Å². The van der Waals surface area contributed by atoms with Crippen molar-refractivity contribution in [2.24, 2.45) is 5.92 Å². The van der Waals surface area contributed by atoms with Gasteiger partial charge in [0.15, 0.2) is 5.78 Å². The standard InChI is InChI=1S/C17H31NO5/c1-7-9-10-22-14(20)11-13(19)15(12(3)8-2)18-16(21)23-17(4,5)6/h12,15H,7-11H2,1-6H3,(H,18,21)/t12-,15+/m0/s1. The molecule has 6 nitrogen and oxygen atoms in total. The van der Waals surface area contributed by atoms with Crippen LogP contribution in [-0.4, -0.2) is 36.1 Å². The van der Waals surface area contributed by atoms with Crippen LogP contribution < -0.4 is 5.32 Å². The number of carbonyl (C=O) groups is 3. The Balaban J connectivity index is 4.67. The minimum atomic E-state index is -0.756. The zero-order chi connectivity index (χ0) is 18.0. The molecule has 2 atom stereocenters. The van der Waals surface area contributed by atoms with Crippen LogP contribution in [0.1, 0.15) is 67.2 Å². The van der Waals surface area contributed by atoms with Crippen LogP contribution in [0.4, 0.5) is 4.79 Å². The molecule has 0 fully saturated rings. The van der Waals surface area contributed by atoms with E-state index < -0.39 is 23.7 Å². The monoisotopic (exact) mass is 329 g/mol. The maximum Gasteiger partial charge on any atom is 0.408 e. The summed E-state index contributed by atoms with van der Waals surface area (Å²) in [5, 5.41) is 2.58. The second-order valence-corrected chi connectivity index (χ2v) is 6.73. The van der Waals surface area contributed by atoms with Crippen molar-refractivity contribution in [3.8, 4) is 0 Å². The highest BCUT2D eigenvalue weighted by Crippen LogP contribution is 2.13. The summed E-state index contributed by atoms with van der Waals surface area (Å²) in [4.78, 5) is 35.9. The lowest BCUT2D eigenvalue weighted by Gasteiger charge is -2.26. The van der Waals surface area contributed by atoms with Crippen LogP contribution in [0.15, 0.2) is 0 Å². The molecule has 0 spiro atoms. The van der Waals surface area contributed by atoms with Gasteiger partial charge in [-0.1, -0.05) is 33.6 Å². The number of ketones is 1. The molecule has 0 bridgehead atoms. The lowest BCUT2D eigenvalue weighted by Crippen LogP contribution is -2.47. The number of amides is 1. The topological polar surface area (TPSA) is 81.7 Å². The van der Waals surface area contributed by atoms with Crippen molar-refractivity contribution in [2.75, 3.05) is 6.61 Å². The number of nitrogens with one attached hydrogen (secondary N) is 1. The maximum absolute atomic E-state index is 12.3. The van der Waals surface area contributed by atoms with Gasteiger partial charge in [-0.25, -0.2) is 4.79 Å². The molecule has 0 aliphatic heterocycles. The first-order chi connectivity index (χ1) is 10.6. The van der Waals surface area contributed by atoms with E-state index in [1.807, 2.05) is 20.8 Å². The van der Waals surface area contributed by atoms with Crippen LogP contribution in [0.25, 0.3) is 0 Å². The molecule has 23 heavy (non-hydrogen) atoms. The average molecular weight is 329 g/mol. The molecule has 0 aromatic rings. The Morgan fingerprint density at radius 1 is 1.13 bits per heavy atom. The summed E-state index contributed by atoms with van der Waals surface area (Å²) in [5.74, 6) is -1.01. The van der Waals surface area contributed by atoms with Crippen LogP contribution >= 0.6 is 0 Å². The zero-order valence-electron chi connectivity index (χ0n) is 15.2. The fraction of sp³-hybridized carbons (Fsp3) is 0.824.